The van der Waals surface area contributed by atoms with Crippen molar-refractivity contribution in [3.8, 4) is 5.69 Å². The van der Waals surface area contributed by atoms with Gasteiger partial charge in [0.2, 0.25) is 0 Å². The van der Waals surface area contributed by atoms with E-state index in [1.807, 2.05) is 30.3 Å². The second-order valence-electron chi connectivity index (χ2n) is 9.68. The summed E-state index contributed by atoms with van der Waals surface area (Å²) >= 11 is 6.79. The topological polar surface area (TPSA) is 83.4 Å². The Kier molecular flexibility index (Phi) is 8.23. The molecule has 11 heteroatoms. The standard InChI is InChI=1S/C27H31ClF2N6O2/c1-38-13-12-35-15-19(17-9-10-20(29)21(30)14-17)23(16-35)32-27(37)33-26-24(28)25(22-8-5-11-31-22)34-36(26)18-6-3-2-4-7-18/h2-4,6-7,9-10,14,19,22-23,31H,5,8,11-13,15-16H2,1H3,(H2,32,33,37)/t19-,22?,23+/m0/s1. The van der Waals surface area contributed by atoms with Crippen molar-refractivity contribution in [3.05, 3.63) is 76.4 Å². The Hall–Kier alpha value is -3.05. The summed E-state index contributed by atoms with van der Waals surface area (Å²) in [5.41, 5.74) is 2.07. The maximum atomic E-state index is 14.1. The second-order valence-corrected chi connectivity index (χ2v) is 10.1. The number of benzene rings is 2. The zero-order chi connectivity index (χ0) is 26.6. The number of carbonyl (C=O) groups excluding carboxylic acids is 1. The highest BCUT2D eigenvalue weighted by atomic mass is 35.5. The molecular weight excluding hydrogens is 514 g/mol. The number of nitrogens with zero attached hydrogens (tertiary/aromatic N) is 3. The fourth-order valence-corrected chi connectivity index (χ4v) is 5.54. The minimum atomic E-state index is -0.910. The fourth-order valence-electron chi connectivity index (χ4n) is 5.25. The molecule has 2 aliphatic rings. The Labute approximate surface area is 225 Å². The molecule has 0 saturated carbocycles. The molecule has 5 rings (SSSR count). The molecule has 2 amide bonds. The van der Waals surface area contributed by atoms with Gasteiger partial charge in [-0.15, -0.1) is 0 Å². The predicted octanol–water partition coefficient (Wildman–Crippen LogP) is 4.46. The van der Waals surface area contributed by atoms with Crippen molar-refractivity contribution >= 4 is 23.4 Å². The van der Waals surface area contributed by atoms with Gasteiger partial charge in [0.1, 0.15) is 10.7 Å². The molecular formula is C27H31ClF2N6O2. The highest BCUT2D eigenvalue weighted by Gasteiger charge is 2.36. The number of amides is 2. The lowest BCUT2D eigenvalue weighted by molar-refractivity contribution is 0.159. The van der Waals surface area contributed by atoms with E-state index in [9.17, 15) is 13.6 Å². The quantitative estimate of drug-likeness (QED) is 0.390. The number of urea groups is 1. The van der Waals surface area contributed by atoms with Crippen molar-refractivity contribution in [2.75, 3.05) is 45.2 Å². The summed E-state index contributed by atoms with van der Waals surface area (Å²) in [6.45, 7) is 3.16. The monoisotopic (exact) mass is 544 g/mol. The van der Waals surface area contributed by atoms with Gasteiger partial charge < -0.3 is 15.4 Å². The molecule has 2 aliphatic heterocycles. The van der Waals surface area contributed by atoms with E-state index in [1.165, 1.54) is 6.07 Å². The molecule has 3 aromatic rings. The van der Waals surface area contributed by atoms with E-state index < -0.39 is 17.7 Å². The van der Waals surface area contributed by atoms with Crippen molar-refractivity contribution in [1.29, 1.82) is 0 Å². The minimum absolute atomic E-state index is 0.0120. The first kappa shape index (κ1) is 26.6. The molecule has 202 valence electrons. The van der Waals surface area contributed by atoms with Gasteiger partial charge in [0.25, 0.3) is 0 Å². The third-order valence-electron chi connectivity index (χ3n) is 7.17. The second kappa shape index (κ2) is 11.8. The molecule has 0 radical (unpaired) electrons. The van der Waals surface area contributed by atoms with Crippen LogP contribution in [0.5, 0.6) is 0 Å². The third-order valence-corrected chi connectivity index (χ3v) is 7.54. The lowest BCUT2D eigenvalue weighted by Gasteiger charge is -2.21. The molecule has 3 heterocycles. The average Bonchev–Trinajstić information content (AvgIpc) is 3.65. The van der Waals surface area contributed by atoms with Crippen LogP contribution in [0.4, 0.5) is 19.4 Å². The van der Waals surface area contributed by atoms with Crippen LogP contribution in [0.15, 0.2) is 48.5 Å². The van der Waals surface area contributed by atoms with Crippen LogP contribution in [0.1, 0.15) is 36.1 Å². The van der Waals surface area contributed by atoms with Gasteiger partial charge in [-0.25, -0.2) is 18.3 Å². The summed E-state index contributed by atoms with van der Waals surface area (Å²) in [6, 6.07) is 12.6. The molecule has 1 aromatic heterocycles. The van der Waals surface area contributed by atoms with Crippen LogP contribution in [0, 0.1) is 11.6 Å². The van der Waals surface area contributed by atoms with Gasteiger partial charge in [0.05, 0.1) is 24.4 Å². The van der Waals surface area contributed by atoms with Gasteiger partial charge in [-0.3, -0.25) is 10.2 Å². The van der Waals surface area contributed by atoms with Crippen LogP contribution in [-0.2, 0) is 4.74 Å². The highest BCUT2D eigenvalue weighted by Crippen LogP contribution is 2.35. The number of rotatable bonds is 8. The first-order valence-electron chi connectivity index (χ1n) is 12.8. The lowest BCUT2D eigenvalue weighted by Crippen LogP contribution is -2.42. The Bertz CT molecular complexity index is 1270. The smallest absolute Gasteiger partial charge is 0.320 e. The van der Waals surface area contributed by atoms with Gasteiger partial charge in [-0.2, -0.15) is 5.10 Å². The van der Waals surface area contributed by atoms with Gasteiger partial charge in [-0.1, -0.05) is 35.9 Å². The van der Waals surface area contributed by atoms with E-state index >= 15 is 0 Å². The van der Waals surface area contributed by atoms with E-state index in [0.717, 1.165) is 31.1 Å². The highest BCUT2D eigenvalue weighted by molar-refractivity contribution is 6.34. The maximum Gasteiger partial charge on any atom is 0.320 e. The average molecular weight is 545 g/mol. The normalized spacial score (nSPS) is 21.6. The summed E-state index contributed by atoms with van der Waals surface area (Å²) in [7, 11) is 1.63. The first-order valence-corrected chi connectivity index (χ1v) is 13.1. The third kappa shape index (κ3) is 5.68. The SMILES string of the molecule is COCCN1C[C@@H](NC(=O)Nc2c(Cl)c(C3CCCN3)nn2-c2ccccc2)[C@H](c2ccc(F)c(F)c2)C1. The van der Waals surface area contributed by atoms with Gasteiger partial charge in [0, 0.05) is 32.7 Å². The molecule has 38 heavy (non-hydrogen) atoms. The summed E-state index contributed by atoms with van der Waals surface area (Å²) in [5, 5.41) is 14.5. The number of methoxy groups -OCH3 is 1. The number of carbonyl (C=O) groups is 1. The molecule has 2 saturated heterocycles. The fraction of sp³-hybridized carbons (Fsp3) is 0.407. The van der Waals surface area contributed by atoms with Crippen molar-refractivity contribution in [2.45, 2.75) is 30.8 Å². The number of ether oxygens (including phenoxy) is 1. The number of anilines is 1. The summed E-state index contributed by atoms with van der Waals surface area (Å²) in [4.78, 5) is 15.5. The molecule has 0 spiro atoms. The van der Waals surface area contributed by atoms with Gasteiger partial charge in [0.15, 0.2) is 17.5 Å². The van der Waals surface area contributed by atoms with Crippen LogP contribution in [-0.4, -0.2) is 66.6 Å². The number of para-hydroxylation sites is 1. The zero-order valence-electron chi connectivity index (χ0n) is 21.1. The van der Waals surface area contributed by atoms with Crippen LogP contribution in [0.25, 0.3) is 5.69 Å². The molecule has 8 nitrogen and oxygen atoms in total. The Balaban J connectivity index is 1.39. The van der Waals surface area contributed by atoms with Gasteiger partial charge in [-0.05, 0) is 49.2 Å². The lowest BCUT2D eigenvalue weighted by atomic mass is 9.94. The van der Waals surface area contributed by atoms with E-state index in [1.54, 1.807) is 17.9 Å². The Morgan fingerprint density at radius 3 is 2.71 bits per heavy atom. The van der Waals surface area contributed by atoms with Crippen molar-refractivity contribution < 1.29 is 18.3 Å². The summed E-state index contributed by atoms with van der Waals surface area (Å²) in [6.07, 6.45) is 1.93. The molecule has 2 fully saturated rings. The van der Waals surface area contributed by atoms with Gasteiger partial charge >= 0.3 is 6.03 Å². The number of nitrogens with one attached hydrogen (secondary N) is 3. The number of likely N-dealkylation sites (tertiary alicyclic amines) is 1. The minimum Gasteiger partial charge on any atom is -0.383 e. The van der Waals surface area contributed by atoms with Crippen LogP contribution < -0.4 is 16.0 Å². The van der Waals surface area contributed by atoms with Crippen LogP contribution in [0.2, 0.25) is 5.02 Å². The molecule has 0 aliphatic carbocycles. The number of aromatic nitrogens is 2. The van der Waals surface area contributed by atoms with Crippen molar-refractivity contribution in [3.63, 3.8) is 0 Å². The molecule has 1 unspecified atom stereocenters. The Morgan fingerprint density at radius 2 is 2.00 bits per heavy atom. The van der Waals surface area contributed by atoms with E-state index in [-0.39, 0.29) is 18.0 Å². The predicted molar refractivity (Wildman–Crippen MR) is 142 cm³/mol. The molecule has 2 aromatic carbocycles. The molecule has 3 atom stereocenters. The maximum absolute atomic E-state index is 14.1. The number of hydrogen-bond acceptors (Lipinski definition) is 5. The summed E-state index contributed by atoms with van der Waals surface area (Å²) in [5.74, 6) is -1.67. The molecule has 3 N–H and O–H groups in total. The van der Waals surface area contributed by atoms with Crippen molar-refractivity contribution in [1.82, 2.24) is 25.3 Å². The largest absolute Gasteiger partial charge is 0.383 e. The summed E-state index contributed by atoms with van der Waals surface area (Å²) < 4.78 is 34.5. The molecule has 0 bridgehead atoms. The number of hydrogen-bond donors (Lipinski definition) is 3. The van der Waals surface area contributed by atoms with Crippen LogP contribution >= 0.6 is 11.6 Å². The van der Waals surface area contributed by atoms with E-state index in [4.69, 9.17) is 21.4 Å². The van der Waals surface area contributed by atoms with Crippen LogP contribution in [0.3, 0.4) is 0 Å². The number of halogens is 3. The van der Waals surface area contributed by atoms with Crippen molar-refractivity contribution in [2.24, 2.45) is 0 Å². The first-order chi connectivity index (χ1) is 18.4. The zero-order valence-corrected chi connectivity index (χ0v) is 21.8. The van der Waals surface area contributed by atoms with E-state index in [2.05, 4.69) is 20.9 Å². The Morgan fingerprint density at radius 1 is 1.18 bits per heavy atom. The van der Waals surface area contributed by atoms with E-state index in [0.29, 0.717) is 48.3 Å².